The molecule has 2 rings (SSSR count). The molecule has 0 saturated carbocycles. The van der Waals surface area contributed by atoms with Crippen LogP contribution < -0.4 is 5.11 Å². The molecule has 1 saturated heterocycles. The van der Waals surface area contributed by atoms with E-state index in [-0.39, 0.29) is 20.8 Å². The van der Waals surface area contributed by atoms with Crippen molar-refractivity contribution in [1.29, 1.82) is 0 Å². The Kier molecular flexibility index (Phi) is 5.35. The summed E-state index contributed by atoms with van der Waals surface area (Å²) in [5.74, 6) is -2.30. The molecule has 0 N–H and O–H groups in total. The average molecular weight is 365 g/mol. The molecule has 1 atom stereocenters. The van der Waals surface area contributed by atoms with E-state index >= 15 is 0 Å². The fourth-order valence-corrected chi connectivity index (χ4v) is 3.60. The standard InChI is InChI=1S/C15H14N2O5S2/c1-8(2)12(14(19)20)16-13(18)11(24-15(16)23)7-9-4-3-5-10(6-9)17(21)22/h3-8,12H,1-2H3,(H,19,20)/p-1/b11-7-/t12-/m1/s1. The Bertz CT molecular complexity index is 760. The van der Waals surface area contributed by atoms with Gasteiger partial charge >= 0.3 is 0 Å². The maximum atomic E-state index is 12.5. The lowest BCUT2D eigenvalue weighted by molar-refractivity contribution is -0.384. The number of carboxylic acid groups (broad SMARTS) is 1. The summed E-state index contributed by atoms with van der Waals surface area (Å²) in [7, 11) is 0. The van der Waals surface area contributed by atoms with Crippen molar-refractivity contribution in [3.8, 4) is 0 Å². The van der Waals surface area contributed by atoms with Gasteiger partial charge in [0.15, 0.2) is 0 Å². The zero-order valence-electron chi connectivity index (χ0n) is 12.8. The first-order chi connectivity index (χ1) is 11.2. The number of thiocarbonyl (C=S) groups is 1. The van der Waals surface area contributed by atoms with E-state index in [0.717, 1.165) is 16.7 Å². The number of carbonyl (C=O) groups excluding carboxylic acids is 2. The zero-order valence-corrected chi connectivity index (χ0v) is 14.4. The number of hydrogen-bond acceptors (Lipinski definition) is 7. The van der Waals surface area contributed by atoms with Gasteiger partial charge in [-0.15, -0.1) is 0 Å². The Morgan fingerprint density at radius 3 is 2.62 bits per heavy atom. The van der Waals surface area contributed by atoms with Gasteiger partial charge in [0, 0.05) is 12.1 Å². The number of thioether (sulfide) groups is 1. The van der Waals surface area contributed by atoms with E-state index in [0.29, 0.717) is 5.56 Å². The molecule has 24 heavy (non-hydrogen) atoms. The fraction of sp³-hybridized carbons (Fsp3) is 0.267. The number of non-ortho nitro benzene ring substituents is 1. The molecule has 0 bridgehead atoms. The van der Waals surface area contributed by atoms with E-state index in [1.54, 1.807) is 19.9 Å². The average Bonchev–Trinajstić information content (AvgIpc) is 2.75. The van der Waals surface area contributed by atoms with Crippen molar-refractivity contribution in [3.63, 3.8) is 0 Å². The van der Waals surface area contributed by atoms with Crippen LogP contribution in [0, 0.1) is 16.0 Å². The number of benzene rings is 1. The molecule has 9 heteroatoms. The lowest BCUT2D eigenvalue weighted by Crippen LogP contribution is -2.52. The highest BCUT2D eigenvalue weighted by Gasteiger charge is 2.39. The van der Waals surface area contributed by atoms with Gasteiger partial charge in [-0.1, -0.05) is 50.0 Å². The van der Waals surface area contributed by atoms with Crippen molar-refractivity contribution in [1.82, 2.24) is 4.90 Å². The molecule has 1 aliphatic heterocycles. The van der Waals surface area contributed by atoms with Crippen LogP contribution in [-0.2, 0) is 9.59 Å². The monoisotopic (exact) mass is 365 g/mol. The second-order valence-corrected chi connectivity index (χ2v) is 7.09. The molecule has 126 valence electrons. The highest BCUT2D eigenvalue weighted by molar-refractivity contribution is 8.26. The molecule has 0 spiro atoms. The molecule has 7 nitrogen and oxygen atoms in total. The van der Waals surface area contributed by atoms with Gasteiger partial charge in [0.25, 0.3) is 11.6 Å². The Labute approximate surface area is 147 Å². The number of nitro benzene ring substituents is 1. The largest absolute Gasteiger partial charge is 0.548 e. The van der Waals surface area contributed by atoms with E-state index < -0.39 is 22.8 Å². The van der Waals surface area contributed by atoms with E-state index in [9.17, 15) is 24.8 Å². The highest BCUT2D eigenvalue weighted by Crippen LogP contribution is 2.35. The van der Waals surface area contributed by atoms with Crippen LogP contribution in [0.25, 0.3) is 6.08 Å². The van der Waals surface area contributed by atoms with Crippen molar-refractivity contribution in [2.45, 2.75) is 19.9 Å². The molecule has 0 unspecified atom stereocenters. The lowest BCUT2D eigenvalue weighted by atomic mass is 10.0. The van der Waals surface area contributed by atoms with Gasteiger partial charge in [-0.25, -0.2) is 0 Å². The normalized spacial score (nSPS) is 17.6. The topological polar surface area (TPSA) is 104 Å². The Balaban J connectivity index is 2.36. The predicted octanol–water partition coefficient (Wildman–Crippen LogP) is 1.57. The number of carboxylic acids is 1. The number of aliphatic carboxylic acids is 1. The molecule has 1 heterocycles. The fourth-order valence-electron chi connectivity index (χ4n) is 2.27. The predicted molar refractivity (Wildman–Crippen MR) is 91.7 cm³/mol. The molecule has 1 amide bonds. The third kappa shape index (κ3) is 3.62. The maximum Gasteiger partial charge on any atom is 0.270 e. The van der Waals surface area contributed by atoms with Crippen molar-refractivity contribution in [3.05, 3.63) is 44.8 Å². The molecule has 1 aromatic carbocycles. The number of rotatable bonds is 5. The third-order valence-corrected chi connectivity index (χ3v) is 4.68. The van der Waals surface area contributed by atoms with Crippen LogP contribution in [0.2, 0.25) is 0 Å². The summed E-state index contributed by atoms with van der Waals surface area (Å²) in [5.41, 5.74) is 0.355. The molecular formula is C15H13N2O5S2-. The van der Waals surface area contributed by atoms with Crippen molar-refractivity contribution >= 4 is 51.9 Å². The number of amides is 1. The maximum absolute atomic E-state index is 12.5. The summed E-state index contributed by atoms with van der Waals surface area (Å²) < 4.78 is 0.125. The minimum atomic E-state index is -1.38. The first-order valence-electron chi connectivity index (χ1n) is 6.94. The molecule has 0 aliphatic carbocycles. The van der Waals surface area contributed by atoms with Gasteiger partial charge in [-0.2, -0.15) is 0 Å². The van der Waals surface area contributed by atoms with Crippen LogP contribution >= 0.6 is 24.0 Å². The van der Waals surface area contributed by atoms with Gasteiger partial charge in [-0.05, 0) is 17.6 Å². The minimum Gasteiger partial charge on any atom is -0.548 e. The number of nitro groups is 1. The Morgan fingerprint density at radius 1 is 1.42 bits per heavy atom. The van der Waals surface area contributed by atoms with Crippen LogP contribution in [0.1, 0.15) is 19.4 Å². The van der Waals surface area contributed by atoms with Crippen LogP contribution in [0.15, 0.2) is 29.2 Å². The summed E-state index contributed by atoms with van der Waals surface area (Å²) in [6.45, 7) is 3.31. The van der Waals surface area contributed by atoms with Crippen molar-refractivity contribution in [2.24, 2.45) is 5.92 Å². The van der Waals surface area contributed by atoms with Gasteiger partial charge in [-0.3, -0.25) is 19.8 Å². The van der Waals surface area contributed by atoms with Crippen LogP contribution in [0.4, 0.5) is 5.69 Å². The van der Waals surface area contributed by atoms with Gasteiger partial charge in [0.05, 0.1) is 21.8 Å². The van der Waals surface area contributed by atoms with E-state index in [4.69, 9.17) is 12.2 Å². The molecule has 1 fully saturated rings. The van der Waals surface area contributed by atoms with Gasteiger partial charge < -0.3 is 9.90 Å². The van der Waals surface area contributed by atoms with Crippen molar-refractivity contribution in [2.75, 3.05) is 0 Å². The van der Waals surface area contributed by atoms with E-state index in [2.05, 4.69) is 0 Å². The second kappa shape index (κ2) is 7.10. The lowest BCUT2D eigenvalue weighted by Gasteiger charge is -2.30. The third-order valence-electron chi connectivity index (χ3n) is 3.35. The van der Waals surface area contributed by atoms with E-state index in [1.807, 2.05) is 0 Å². The first-order valence-corrected chi connectivity index (χ1v) is 8.17. The smallest absolute Gasteiger partial charge is 0.270 e. The number of nitrogens with zero attached hydrogens (tertiary/aromatic N) is 2. The first kappa shape index (κ1) is 18.1. The second-order valence-electron chi connectivity index (χ2n) is 5.41. The summed E-state index contributed by atoms with van der Waals surface area (Å²) in [5, 5.41) is 22.1. The van der Waals surface area contributed by atoms with Crippen LogP contribution in [0.3, 0.4) is 0 Å². The van der Waals surface area contributed by atoms with Gasteiger partial charge in [0.2, 0.25) is 0 Å². The minimum absolute atomic E-state index is 0.103. The Morgan fingerprint density at radius 2 is 2.08 bits per heavy atom. The number of carbonyl (C=O) groups is 2. The number of hydrogen-bond donors (Lipinski definition) is 0. The molecule has 1 aliphatic rings. The van der Waals surface area contributed by atoms with Crippen molar-refractivity contribution < 1.29 is 19.6 Å². The van der Waals surface area contributed by atoms with E-state index in [1.165, 1.54) is 24.3 Å². The molecule has 0 radical (unpaired) electrons. The molecule has 0 aromatic heterocycles. The summed E-state index contributed by atoms with van der Waals surface area (Å²) in [6.07, 6.45) is 1.46. The van der Waals surface area contributed by atoms with Crippen LogP contribution in [-0.4, -0.2) is 32.1 Å². The molecule has 1 aromatic rings. The SMILES string of the molecule is CC(C)[C@H](C(=O)[O-])N1C(=O)/C(=C/c2cccc([N+](=O)[O-])c2)SC1=S. The molecular weight excluding hydrogens is 352 g/mol. The Hall–Kier alpha value is -2.26. The summed E-state index contributed by atoms with van der Waals surface area (Å²) in [6, 6.07) is 4.62. The van der Waals surface area contributed by atoms with Gasteiger partial charge in [0.1, 0.15) is 4.32 Å². The zero-order chi connectivity index (χ0) is 18.0. The summed E-state index contributed by atoms with van der Waals surface area (Å²) >= 11 is 6.08. The summed E-state index contributed by atoms with van der Waals surface area (Å²) in [4.78, 5) is 35.4. The quantitative estimate of drug-likeness (QED) is 0.338. The van der Waals surface area contributed by atoms with Crippen LogP contribution in [0.5, 0.6) is 0 Å². The highest BCUT2D eigenvalue weighted by atomic mass is 32.2.